The van der Waals surface area contributed by atoms with Gasteiger partial charge >= 0.3 is 0 Å². The van der Waals surface area contributed by atoms with Gasteiger partial charge in [0.25, 0.3) is 0 Å². The number of benzene rings is 2. The zero-order valence-electron chi connectivity index (χ0n) is 11.8. The second kappa shape index (κ2) is 7.40. The number of hydrogen-bond donors (Lipinski definition) is 0. The van der Waals surface area contributed by atoms with Crippen molar-refractivity contribution in [1.29, 1.82) is 0 Å². The van der Waals surface area contributed by atoms with Gasteiger partial charge in [-0.05, 0) is 36.5 Å². The average molecular weight is 270 g/mol. The van der Waals surface area contributed by atoms with Crippen LogP contribution in [0.4, 0.5) is 0 Å². The van der Waals surface area contributed by atoms with Crippen LogP contribution in [-0.4, -0.2) is 5.25 Å². The van der Waals surface area contributed by atoms with Gasteiger partial charge in [-0.2, -0.15) is 0 Å². The highest BCUT2D eigenvalue weighted by molar-refractivity contribution is 7.99. The van der Waals surface area contributed by atoms with E-state index in [1.165, 1.54) is 23.3 Å². The Labute approximate surface area is 121 Å². The van der Waals surface area contributed by atoms with Gasteiger partial charge in [-0.15, -0.1) is 11.8 Å². The molecule has 0 fully saturated rings. The van der Waals surface area contributed by atoms with E-state index in [1.807, 2.05) is 11.8 Å². The Balaban J connectivity index is 1.79. The predicted octanol–water partition coefficient (Wildman–Crippen LogP) is 5.75. The quantitative estimate of drug-likeness (QED) is 0.602. The van der Waals surface area contributed by atoms with Crippen LogP contribution in [0.1, 0.15) is 38.2 Å². The van der Waals surface area contributed by atoms with Crippen molar-refractivity contribution in [3.05, 3.63) is 66.2 Å². The third-order valence-corrected chi connectivity index (χ3v) is 4.64. The second-order valence-corrected chi connectivity index (χ2v) is 6.64. The topological polar surface area (TPSA) is 0 Å². The van der Waals surface area contributed by atoms with Crippen LogP contribution in [0, 0.1) is 0 Å². The molecule has 0 heterocycles. The first-order valence-corrected chi connectivity index (χ1v) is 7.90. The Hall–Kier alpha value is -1.21. The summed E-state index contributed by atoms with van der Waals surface area (Å²) < 4.78 is 0. The minimum atomic E-state index is 0.653. The van der Waals surface area contributed by atoms with Crippen LogP contribution < -0.4 is 0 Å². The summed E-state index contributed by atoms with van der Waals surface area (Å²) in [6.07, 6.45) is 2.51. The Morgan fingerprint density at radius 3 is 2.00 bits per heavy atom. The molecule has 0 N–H and O–H groups in total. The summed E-state index contributed by atoms with van der Waals surface area (Å²) in [5.41, 5.74) is 1.46. The SMILES string of the molecule is C[C@@H](CC[C@H](C)c1ccccc1)Sc1ccccc1. The lowest BCUT2D eigenvalue weighted by Crippen LogP contribution is -2.00. The van der Waals surface area contributed by atoms with E-state index in [2.05, 4.69) is 74.5 Å². The maximum Gasteiger partial charge on any atom is 0.00746 e. The third-order valence-electron chi connectivity index (χ3n) is 3.46. The molecule has 0 nitrogen and oxygen atoms in total. The van der Waals surface area contributed by atoms with E-state index < -0.39 is 0 Å². The van der Waals surface area contributed by atoms with Crippen LogP contribution in [0.15, 0.2) is 65.6 Å². The summed E-state index contributed by atoms with van der Waals surface area (Å²) in [6, 6.07) is 21.5. The summed E-state index contributed by atoms with van der Waals surface area (Å²) in [7, 11) is 0. The molecule has 19 heavy (non-hydrogen) atoms. The molecule has 0 saturated carbocycles. The van der Waals surface area contributed by atoms with Gasteiger partial charge in [-0.3, -0.25) is 0 Å². The van der Waals surface area contributed by atoms with E-state index in [-0.39, 0.29) is 0 Å². The first-order chi connectivity index (χ1) is 9.25. The molecule has 100 valence electrons. The molecular weight excluding hydrogens is 248 g/mol. The molecule has 0 aliphatic rings. The van der Waals surface area contributed by atoms with E-state index in [4.69, 9.17) is 0 Å². The van der Waals surface area contributed by atoms with Crippen molar-refractivity contribution < 1.29 is 0 Å². The molecule has 0 amide bonds. The van der Waals surface area contributed by atoms with Gasteiger partial charge in [0.2, 0.25) is 0 Å². The lowest BCUT2D eigenvalue weighted by Gasteiger charge is -2.15. The van der Waals surface area contributed by atoms with Gasteiger partial charge in [0.05, 0.1) is 0 Å². The van der Waals surface area contributed by atoms with Crippen molar-refractivity contribution in [3.8, 4) is 0 Å². The van der Waals surface area contributed by atoms with E-state index in [0.29, 0.717) is 11.2 Å². The van der Waals surface area contributed by atoms with Gasteiger partial charge < -0.3 is 0 Å². The lowest BCUT2D eigenvalue weighted by molar-refractivity contribution is 0.631. The first-order valence-electron chi connectivity index (χ1n) is 7.02. The highest BCUT2D eigenvalue weighted by Crippen LogP contribution is 2.29. The maximum atomic E-state index is 2.33. The van der Waals surface area contributed by atoms with E-state index in [0.717, 1.165) is 0 Å². The minimum Gasteiger partial charge on any atom is -0.123 e. The number of rotatable bonds is 6. The smallest absolute Gasteiger partial charge is 0.00746 e. The highest BCUT2D eigenvalue weighted by Gasteiger charge is 2.09. The standard InChI is InChI=1S/C18H22S/c1-15(17-9-5-3-6-10-17)13-14-16(2)19-18-11-7-4-8-12-18/h3-12,15-16H,13-14H2,1-2H3/t15-,16-/m0/s1. The Bertz CT molecular complexity index is 464. The molecule has 0 aliphatic heterocycles. The van der Waals surface area contributed by atoms with Gasteiger partial charge in [-0.1, -0.05) is 62.4 Å². The molecule has 2 aromatic rings. The van der Waals surface area contributed by atoms with E-state index in [9.17, 15) is 0 Å². The summed E-state index contributed by atoms with van der Waals surface area (Å²) in [6.45, 7) is 4.66. The molecular formula is C18H22S. The summed E-state index contributed by atoms with van der Waals surface area (Å²) in [4.78, 5) is 1.38. The van der Waals surface area contributed by atoms with Crippen molar-refractivity contribution in [2.75, 3.05) is 0 Å². The molecule has 0 radical (unpaired) electrons. The fourth-order valence-electron chi connectivity index (χ4n) is 2.22. The fraction of sp³-hybridized carbons (Fsp3) is 0.333. The van der Waals surface area contributed by atoms with E-state index >= 15 is 0 Å². The first kappa shape index (κ1) is 14.2. The zero-order chi connectivity index (χ0) is 13.5. The monoisotopic (exact) mass is 270 g/mol. The van der Waals surface area contributed by atoms with E-state index in [1.54, 1.807) is 0 Å². The summed E-state index contributed by atoms with van der Waals surface area (Å²) in [5, 5.41) is 0.675. The average Bonchev–Trinajstić information content (AvgIpc) is 2.47. The van der Waals surface area contributed by atoms with Crippen molar-refractivity contribution in [3.63, 3.8) is 0 Å². The molecule has 1 heteroatoms. The van der Waals surface area contributed by atoms with Crippen LogP contribution in [0.3, 0.4) is 0 Å². The van der Waals surface area contributed by atoms with Crippen molar-refractivity contribution in [1.82, 2.24) is 0 Å². The van der Waals surface area contributed by atoms with Crippen LogP contribution >= 0.6 is 11.8 Å². The largest absolute Gasteiger partial charge is 0.123 e. The molecule has 2 atom stereocenters. The van der Waals surface area contributed by atoms with Gasteiger partial charge in [0, 0.05) is 10.1 Å². The second-order valence-electron chi connectivity index (χ2n) is 5.13. The molecule has 2 rings (SSSR count). The number of thioether (sulfide) groups is 1. The van der Waals surface area contributed by atoms with Crippen molar-refractivity contribution in [2.24, 2.45) is 0 Å². The summed E-state index contributed by atoms with van der Waals surface area (Å²) >= 11 is 1.98. The number of hydrogen-bond acceptors (Lipinski definition) is 1. The minimum absolute atomic E-state index is 0.653. The molecule has 0 spiro atoms. The molecule has 0 aromatic heterocycles. The predicted molar refractivity (Wildman–Crippen MR) is 85.9 cm³/mol. The van der Waals surface area contributed by atoms with Gasteiger partial charge in [0.15, 0.2) is 0 Å². The Morgan fingerprint density at radius 1 is 0.789 bits per heavy atom. The summed E-state index contributed by atoms with van der Waals surface area (Å²) in [5.74, 6) is 0.653. The van der Waals surface area contributed by atoms with Crippen molar-refractivity contribution in [2.45, 2.75) is 42.8 Å². The maximum absolute atomic E-state index is 2.33. The molecule has 0 unspecified atom stereocenters. The third kappa shape index (κ3) is 4.76. The molecule has 0 bridgehead atoms. The van der Waals surface area contributed by atoms with Gasteiger partial charge in [-0.25, -0.2) is 0 Å². The van der Waals surface area contributed by atoms with Crippen LogP contribution in [0.2, 0.25) is 0 Å². The lowest BCUT2D eigenvalue weighted by atomic mass is 9.96. The van der Waals surface area contributed by atoms with Crippen LogP contribution in [0.25, 0.3) is 0 Å². The molecule has 2 aromatic carbocycles. The van der Waals surface area contributed by atoms with Crippen LogP contribution in [0.5, 0.6) is 0 Å². The zero-order valence-corrected chi connectivity index (χ0v) is 12.6. The van der Waals surface area contributed by atoms with Crippen LogP contribution in [-0.2, 0) is 0 Å². The fourth-order valence-corrected chi connectivity index (χ4v) is 3.26. The van der Waals surface area contributed by atoms with Gasteiger partial charge in [0.1, 0.15) is 0 Å². The highest BCUT2D eigenvalue weighted by atomic mass is 32.2. The Kier molecular flexibility index (Phi) is 5.53. The normalized spacial score (nSPS) is 14.0. The molecule has 0 saturated heterocycles. The Morgan fingerprint density at radius 2 is 1.37 bits per heavy atom. The molecule has 0 aliphatic carbocycles. The van der Waals surface area contributed by atoms with Crippen molar-refractivity contribution >= 4 is 11.8 Å².